The highest BCUT2D eigenvalue weighted by atomic mass is 19.4. The molecule has 44 heavy (non-hydrogen) atoms. The number of carbonyl (C=O) groups excluding carboxylic acids is 2. The van der Waals surface area contributed by atoms with Crippen molar-refractivity contribution in [3.8, 4) is 0 Å². The lowest BCUT2D eigenvalue weighted by Gasteiger charge is -2.46. The molecule has 2 aromatic rings. The molecule has 2 N–H and O–H groups in total. The van der Waals surface area contributed by atoms with Crippen molar-refractivity contribution < 1.29 is 31.9 Å². The summed E-state index contributed by atoms with van der Waals surface area (Å²) in [4.78, 5) is 40.5. The lowest BCUT2D eigenvalue weighted by molar-refractivity contribution is -0.145. The Morgan fingerprint density at radius 2 is 1.89 bits per heavy atom. The van der Waals surface area contributed by atoms with Gasteiger partial charge in [-0.25, -0.2) is 14.4 Å². The van der Waals surface area contributed by atoms with Crippen LogP contribution in [0.1, 0.15) is 73.3 Å². The van der Waals surface area contributed by atoms with Gasteiger partial charge in [-0.2, -0.15) is 13.2 Å². The number of likely N-dealkylation sites (tertiary alicyclic amines) is 1. The summed E-state index contributed by atoms with van der Waals surface area (Å²) in [6, 6.07) is 2.30. The molecule has 4 aliphatic heterocycles. The number of hydrogen-bond acceptors (Lipinski definition) is 7. The zero-order valence-corrected chi connectivity index (χ0v) is 25.0. The Balaban J connectivity index is 1.28. The number of benzene rings is 1. The van der Waals surface area contributed by atoms with Gasteiger partial charge in [-0.3, -0.25) is 9.59 Å². The number of halogens is 4. The van der Waals surface area contributed by atoms with Crippen molar-refractivity contribution in [2.45, 2.75) is 76.2 Å². The van der Waals surface area contributed by atoms with Crippen LogP contribution in [-0.4, -0.2) is 77.0 Å². The van der Waals surface area contributed by atoms with Gasteiger partial charge in [0.1, 0.15) is 22.9 Å². The highest BCUT2D eigenvalue weighted by Crippen LogP contribution is 2.43. The Labute approximate surface area is 253 Å². The highest BCUT2D eigenvalue weighted by Gasteiger charge is 2.53. The van der Waals surface area contributed by atoms with Crippen LogP contribution < -0.4 is 10.6 Å². The lowest BCUT2D eigenvalue weighted by Crippen LogP contribution is -2.58. The molecule has 2 amide bonds. The molecule has 0 aliphatic carbocycles. The first kappa shape index (κ1) is 30.7. The molecule has 13 heteroatoms. The molecule has 3 saturated heterocycles. The van der Waals surface area contributed by atoms with E-state index in [0.717, 1.165) is 18.9 Å². The summed E-state index contributed by atoms with van der Waals surface area (Å²) in [5.41, 5.74) is -1.05. The van der Waals surface area contributed by atoms with Crippen LogP contribution in [0.4, 0.5) is 23.4 Å². The van der Waals surface area contributed by atoms with Crippen molar-refractivity contribution in [3.63, 3.8) is 0 Å². The minimum Gasteiger partial charge on any atom is -0.381 e. The molecule has 0 radical (unpaired) electrons. The number of rotatable bonds is 5. The molecule has 9 nitrogen and oxygen atoms in total. The third kappa shape index (κ3) is 5.53. The molecule has 5 heterocycles. The van der Waals surface area contributed by atoms with Gasteiger partial charge in [0.2, 0.25) is 11.8 Å². The summed E-state index contributed by atoms with van der Waals surface area (Å²) < 4.78 is 60.8. The third-order valence-electron chi connectivity index (χ3n) is 9.67. The monoisotopic (exact) mass is 618 g/mol. The first-order chi connectivity index (χ1) is 21.0. The van der Waals surface area contributed by atoms with Crippen LogP contribution in [0.2, 0.25) is 0 Å². The van der Waals surface area contributed by atoms with E-state index >= 15 is 4.39 Å². The second-order valence-corrected chi connectivity index (χ2v) is 12.4. The maximum Gasteiger partial charge on any atom is 0.419 e. The van der Waals surface area contributed by atoms with Crippen molar-refractivity contribution in [2.24, 2.45) is 5.92 Å². The van der Waals surface area contributed by atoms with Crippen molar-refractivity contribution in [1.29, 1.82) is 0 Å². The number of aromatic nitrogens is 2. The Bertz CT molecular complexity index is 1420. The van der Waals surface area contributed by atoms with Crippen LogP contribution in [-0.2, 0) is 32.5 Å². The molecule has 6 rings (SSSR count). The number of amides is 2. The fraction of sp³-hybridized carbons (Fsp3) is 0.613. The molecule has 3 fully saturated rings. The van der Waals surface area contributed by atoms with Gasteiger partial charge in [-0.1, -0.05) is 12.1 Å². The number of fused-ring (bicyclic) bond motifs is 2. The van der Waals surface area contributed by atoms with E-state index in [0.29, 0.717) is 81.6 Å². The number of nitrogens with one attached hydrogen (secondary N) is 2. The van der Waals surface area contributed by atoms with Gasteiger partial charge in [0.15, 0.2) is 0 Å². The fourth-order valence-electron chi connectivity index (χ4n) is 7.24. The smallest absolute Gasteiger partial charge is 0.381 e. The highest BCUT2D eigenvalue weighted by molar-refractivity contribution is 5.91. The van der Waals surface area contributed by atoms with Gasteiger partial charge >= 0.3 is 6.18 Å². The SMILES string of the molecule is Cc1nc(N[C@H](C)c2cccc(C(F)(F)F)c2F)c2c(n1)C1(CCNC1)C(=O)N(C1CCN(C(=O)C3CCOCC3)CC1)C2. The Kier molecular flexibility index (Phi) is 8.29. The number of ether oxygens (including phenoxy) is 1. The van der Waals surface area contributed by atoms with Crippen molar-refractivity contribution in [3.05, 3.63) is 52.2 Å². The summed E-state index contributed by atoms with van der Waals surface area (Å²) in [5.74, 6) is -0.401. The van der Waals surface area contributed by atoms with Crippen molar-refractivity contribution in [1.82, 2.24) is 25.1 Å². The molecular formula is C31H38F4N6O3. The predicted octanol–water partition coefficient (Wildman–Crippen LogP) is 4.11. The fourth-order valence-corrected chi connectivity index (χ4v) is 7.24. The van der Waals surface area contributed by atoms with E-state index in [-0.39, 0.29) is 35.9 Å². The van der Waals surface area contributed by atoms with E-state index in [1.807, 2.05) is 9.80 Å². The molecule has 1 aromatic carbocycles. The number of nitrogens with zero attached hydrogens (tertiary/aromatic N) is 4. The minimum atomic E-state index is -4.82. The van der Waals surface area contributed by atoms with E-state index in [2.05, 4.69) is 15.6 Å². The molecule has 0 saturated carbocycles. The molecule has 2 atom stereocenters. The number of piperidine rings is 1. The van der Waals surface area contributed by atoms with E-state index in [4.69, 9.17) is 9.72 Å². The standard InChI is InChI=1S/C31H38F4N6O3/c1-18(22-4-3-5-24(25(22)32)31(33,34)35)37-27-23-16-41(29(43)30(10-11-36-17-30)26(23)38-19(2)39-27)21-6-12-40(13-7-21)28(42)20-8-14-44-15-9-20/h3-5,18,20-21,36H,6-17H2,1-2H3,(H,37,38,39)/t18-,30?/m1/s1. The van der Waals surface area contributed by atoms with Crippen LogP contribution in [0.15, 0.2) is 18.2 Å². The maximum atomic E-state index is 15.1. The molecule has 0 bridgehead atoms. The van der Waals surface area contributed by atoms with E-state index in [9.17, 15) is 22.8 Å². The Morgan fingerprint density at radius 3 is 2.55 bits per heavy atom. The lowest BCUT2D eigenvalue weighted by atomic mass is 9.76. The Morgan fingerprint density at radius 1 is 1.16 bits per heavy atom. The molecule has 1 unspecified atom stereocenters. The zero-order valence-electron chi connectivity index (χ0n) is 25.0. The van der Waals surface area contributed by atoms with E-state index in [1.54, 1.807) is 13.8 Å². The maximum absolute atomic E-state index is 15.1. The summed E-state index contributed by atoms with van der Waals surface area (Å²) in [7, 11) is 0. The van der Waals surface area contributed by atoms with Gasteiger partial charge in [0, 0.05) is 55.9 Å². The number of aryl methyl sites for hydroxylation is 1. The number of alkyl halides is 3. The third-order valence-corrected chi connectivity index (χ3v) is 9.67. The average molecular weight is 619 g/mol. The quantitative estimate of drug-likeness (QED) is 0.487. The van der Waals surface area contributed by atoms with Crippen LogP contribution in [0.5, 0.6) is 0 Å². The summed E-state index contributed by atoms with van der Waals surface area (Å²) in [6.45, 7) is 6.87. The van der Waals surface area contributed by atoms with Crippen LogP contribution in [0.3, 0.4) is 0 Å². The van der Waals surface area contributed by atoms with Crippen LogP contribution in [0, 0.1) is 18.7 Å². The van der Waals surface area contributed by atoms with Crippen molar-refractivity contribution >= 4 is 17.6 Å². The van der Waals surface area contributed by atoms with Gasteiger partial charge in [-0.15, -0.1) is 0 Å². The molecule has 4 aliphatic rings. The average Bonchev–Trinajstić information content (AvgIpc) is 3.50. The molecule has 1 spiro atoms. The Hall–Kier alpha value is -3.32. The predicted molar refractivity (Wildman–Crippen MR) is 153 cm³/mol. The van der Waals surface area contributed by atoms with Crippen molar-refractivity contribution in [2.75, 3.05) is 44.7 Å². The van der Waals surface area contributed by atoms with Gasteiger partial charge in [0.05, 0.1) is 23.8 Å². The van der Waals surface area contributed by atoms with E-state index < -0.39 is 29.0 Å². The van der Waals surface area contributed by atoms with Gasteiger partial charge in [0.25, 0.3) is 0 Å². The first-order valence-corrected chi connectivity index (χ1v) is 15.4. The topological polar surface area (TPSA) is 99.7 Å². The summed E-state index contributed by atoms with van der Waals surface area (Å²) >= 11 is 0. The molecule has 238 valence electrons. The largest absolute Gasteiger partial charge is 0.419 e. The van der Waals surface area contributed by atoms with Gasteiger partial charge < -0.3 is 25.2 Å². The summed E-state index contributed by atoms with van der Waals surface area (Å²) in [6.07, 6.45) is -1.54. The molecule has 1 aromatic heterocycles. The van der Waals surface area contributed by atoms with E-state index in [1.165, 1.54) is 12.1 Å². The van der Waals surface area contributed by atoms with Gasteiger partial charge in [-0.05, 0) is 58.6 Å². The molecular weight excluding hydrogens is 580 g/mol. The number of anilines is 1. The summed E-state index contributed by atoms with van der Waals surface area (Å²) in [5, 5.41) is 6.49. The second-order valence-electron chi connectivity index (χ2n) is 12.4. The number of hydrogen-bond donors (Lipinski definition) is 2. The minimum absolute atomic E-state index is 0.00905. The second kappa shape index (κ2) is 11.9. The normalized spacial score (nSPS) is 24.1. The zero-order chi connectivity index (χ0) is 31.2. The van der Waals surface area contributed by atoms with Crippen LogP contribution in [0.25, 0.3) is 0 Å². The van der Waals surface area contributed by atoms with Crippen LogP contribution >= 0.6 is 0 Å². The number of carbonyl (C=O) groups is 2. The first-order valence-electron chi connectivity index (χ1n) is 15.4.